The zero-order valence-electron chi connectivity index (χ0n) is 11.6. The second-order valence-corrected chi connectivity index (χ2v) is 8.81. The van der Waals surface area contributed by atoms with Crippen LogP contribution in [0, 0.1) is 23.7 Å². The SMILES string of the molecule is C1CC(NC2C3C4CCC(C4)C23)CC2(CCSC2)O1. The Kier molecular flexibility index (Phi) is 2.59. The number of fused-ring (bicyclic) bond motifs is 5. The maximum Gasteiger partial charge on any atom is 0.0795 e. The molecule has 1 spiro atoms. The van der Waals surface area contributed by atoms with Crippen LogP contribution in [-0.2, 0) is 4.74 Å². The molecule has 5 aliphatic rings. The molecule has 3 saturated carbocycles. The summed E-state index contributed by atoms with van der Waals surface area (Å²) in [6, 6.07) is 1.66. The van der Waals surface area contributed by atoms with Crippen LogP contribution in [0.5, 0.6) is 0 Å². The highest BCUT2D eigenvalue weighted by Crippen LogP contribution is 2.65. The van der Waals surface area contributed by atoms with E-state index in [4.69, 9.17) is 4.74 Å². The smallest absolute Gasteiger partial charge is 0.0795 e. The van der Waals surface area contributed by atoms with Crippen molar-refractivity contribution in [2.75, 3.05) is 18.1 Å². The van der Waals surface area contributed by atoms with E-state index in [1.165, 1.54) is 30.8 Å². The van der Waals surface area contributed by atoms with Crippen molar-refractivity contribution in [3.05, 3.63) is 0 Å². The van der Waals surface area contributed by atoms with E-state index < -0.39 is 0 Å². The summed E-state index contributed by atoms with van der Waals surface area (Å²) in [6.07, 6.45) is 8.47. The summed E-state index contributed by atoms with van der Waals surface area (Å²) in [5.74, 6) is 6.91. The molecule has 3 heteroatoms. The van der Waals surface area contributed by atoms with Crippen molar-refractivity contribution in [2.24, 2.45) is 23.7 Å². The third-order valence-electron chi connectivity index (χ3n) is 6.72. The molecule has 2 bridgehead atoms. The van der Waals surface area contributed by atoms with Gasteiger partial charge >= 0.3 is 0 Å². The van der Waals surface area contributed by atoms with Gasteiger partial charge in [-0.15, -0.1) is 0 Å². The highest BCUT2D eigenvalue weighted by Gasteiger charge is 2.65. The molecule has 19 heavy (non-hydrogen) atoms. The second-order valence-electron chi connectivity index (χ2n) is 7.70. The lowest BCUT2D eigenvalue weighted by Crippen LogP contribution is -2.48. The molecule has 2 aliphatic heterocycles. The summed E-state index contributed by atoms with van der Waals surface area (Å²) in [5, 5.41) is 4.06. The Labute approximate surface area is 120 Å². The molecule has 2 saturated heterocycles. The number of hydrogen-bond donors (Lipinski definition) is 1. The van der Waals surface area contributed by atoms with Crippen LogP contribution in [0.3, 0.4) is 0 Å². The van der Waals surface area contributed by atoms with Gasteiger partial charge in [-0.3, -0.25) is 0 Å². The van der Waals surface area contributed by atoms with Gasteiger partial charge in [-0.05, 0) is 67.9 Å². The van der Waals surface area contributed by atoms with Crippen LogP contribution >= 0.6 is 11.8 Å². The Morgan fingerprint density at radius 3 is 2.68 bits per heavy atom. The van der Waals surface area contributed by atoms with E-state index in [9.17, 15) is 0 Å². The number of thioether (sulfide) groups is 1. The lowest BCUT2D eigenvalue weighted by molar-refractivity contribution is -0.0707. The molecule has 0 aromatic rings. The summed E-state index contributed by atoms with van der Waals surface area (Å²) in [7, 11) is 0. The molecule has 0 radical (unpaired) electrons. The third kappa shape index (κ3) is 1.77. The van der Waals surface area contributed by atoms with Gasteiger partial charge in [-0.1, -0.05) is 0 Å². The summed E-state index contributed by atoms with van der Waals surface area (Å²) in [6.45, 7) is 0.993. The Hall–Kier alpha value is 0.270. The maximum atomic E-state index is 6.15. The zero-order valence-corrected chi connectivity index (χ0v) is 12.5. The molecule has 2 heterocycles. The maximum absolute atomic E-state index is 6.15. The van der Waals surface area contributed by atoms with Crippen LogP contribution in [0.1, 0.15) is 38.5 Å². The predicted octanol–water partition coefficient (Wildman–Crippen LogP) is 2.68. The molecule has 0 aromatic heterocycles. The number of nitrogens with one attached hydrogen (secondary N) is 1. The first kappa shape index (κ1) is 11.9. The van der Waals surface area contributed by atoms with Crippen LogP contribution in [0.25, 0.3) is 0 Å². The fourth-order valence-electron chi connectivity index (χ4n) is 5.85. The lowest BCUT2D eigenvalue weighted by atomic mass is 9.89. The summed E-state index contributed by atoms with van der Waals surface area (Å²) < 4.78 is 6.15. The summed E-state index contributed by atoms with van der Waals surface area (Å²) in [5.41, 5.74) is 0.254. The Balaban J connectivity index is 1.23. The number of hydrogen-bond acceptors (Lipinski definition) is 3. The van der Waals surface area contributed by atoms with Crippen molar-refractivity contribution in [1.29, 1.82) is 0 Å². The van der Waals surface area contributed by atoms with E-state index in [1.807, 2.05) is 0 Å². The normalized spacial score (nSPS) is 58.7. The standard InChI is InChI=1S/C16H25NOS/c1-2-11-7-10(1)13-14(11)15(13)17-12-3-5-18-16(8-12)4-6-19-9-16/h10-15,17H,1-9H2. The van der Waals surface area contributed by atoms with Crippen molar-refractivity contribution >= 4 is 11.8 Å². The van der Waals surface area contributed by atoms with E-state index in [-0.39, 0.29) is 5.60 Å². The van der Waals surface area contributed by atoms with Gasteiger partial charge < -0.3 is 10.1 Å². The topological polar surface area (TPSA) is 21.3 Å². The molecule has 106 valence electrons. The molecule has 2 nitrogen and oxygen atoms in total. The van der Waals surface area contributed by atoms with Gasteiger partial charge in [0.15, 0.2) is 0 Å². The zero-order chi connectivity index (χ0) is 12.4. The Morgan fingerprint density at radius 2 is 1.95 bits per heavy atom. The van der Waals surface area contributed by atoms with Crippen LogP contribution < -0.4 is 5.32 Å². The fraction of sp³-hybridized carbons (Fsp3) is 1.00. The fourth-order valence-corrected chi connectivity index (χ4v) is 7.23. The van der Waals surface area contributed by atoms with Gasteiger partial charge in [0.2, 0.25) is 0 Å². The predicted molar refractivity (Wildman–Crippen MR) is 78.4 cm³/mol. The minimum Gasteiger partial charge on any atom is -0.374 e. The largest absolute Gasteiger partial charge is 0.374 e. The Bertz CT molecular complexity index is 365. The highest BCUT2D eigenvalue weighted by atomic mass is 32.2. The second kappa shape index (κ2) is 4.14. The summed E-state index contributed by atoms with van der Waals surface area (Å²) in [4.78, 5) is 0. The van der Waals surface area contributed by atoms with Gasteiger partial charge in [0, 0.05) is 24.4 Å². The molecule has 0 aromatic carbocycles. The number of ether oxygens (including phenoxy) is 1. The van der Waals surface area contributed by atoms with Crippen molar-refractivity contribution in [2.45, 2.75) is 56.2 Å². The van der Waals surface area contributed by atoms with E-state index in [2.05, 4.69) is 17.1 Å². The van der Waals surface area contributed by atoms with Crippen LogP contribution in [-0.4, -0.2) is 35.8 Å². The first-order valence-corrected chi connectivity index (χ1v) is 9.48. The van der Waals surface area contributed by atoms with Gasteiger partial charge in [0.05, 0.1) is 5.60 Å². The molecule has 6 atom stereocenters. The third-order valence-corrected chi connectivity index (χ3v) is 7.95. The van der Waals surface area contributed by atoms with Gasteiger partial charge in [-0.2, -0.15) is 11.8 Å². The van der Waals surface area contributed by atoms with Crippen molar-refractivity contribution in [1.82, 2.24) is 5.32 Å². The summed E-state index contributed by atoms with van der Waals surface area (Å²) >= 11 is 2.09. The molecule has 6 unspecified atom stereocenters. The molecular formula is C16H25NOS. The van der Waals surface area contributed by atoms with Crippen LogP contribution in [0.15, 0.2) is 0 Å². The average molecular weight is 279 g/mol. The lowest BCUT2D eigenvalue weighted by Gasteiger charge is -2.38. The van der Waals surface area contributed by atoms with E-state index in [1.54, 1.807) is 19.3 Å². The molecule has 5 fully saturated rings. The van der Waals surface area contributed by atoms with Crippen molar-refractivity contribution in [3.63, 3.8) is 0 Å². The quantitative estimate of drug-likeness (QED) is 0.840. The average Bonchev–Trinajstić information content (AvgIpc) is 2.83. The minimum absolute atomic E-state index is 0.254. The van der Waals surface area contributed by atoms with Crippen LogP contribution in [0.2, 0.25) is 0 Å². The first-order valence-electron chi connectivity index (χ1n) is 8.32. The number of rotatable bonds is 2. The molecule has 3 aliphatic carbocycles. The minimum atomic E-state index is 0.254. The first-order chi connectivity index (χ1) is 9.35. The monoisotopic (exact) mass is 279 g/mol. The molecule has 5 rings (SSSR count). The van der Waals surface area contributed by atoms with Gasteiger partial charge in [0.1, 0.15) is 0 Å². The van der Waals surface area contributed by atoms with Gasteiger partial charge in [-0.25, -0.2) is 0 Å². The molecular weight excluding hydrogens is 254 g/mol. The molecule has 0 amide bonds. The van der Waals surface area contributed by atoms with Crippen LogP contribution in [0.4, 0.5) is 0 Å². The van der Waals surface area contributed by atoms with Crippen molar-refractivity contribution < 1.29 is 4.74 Å². The Morgan fingerprint density at radius 1 is 1.11 bits per heavy atom. The highest BCUT2D eigenvalue weighted by molar-refractivity contribution is 7.99. The van der Waals surface area contributed by atoms with Gasteiger partial charge in [0.25, 0.3) is 0 Å². The van der Waals surface area contributed by atoms with E-state index in [0.717, 1.165) is 42.4 Å². The van der Waals surface area contributed by atoms with Crippen molar-refractivity contribution in [3.8, 4) is 0 Å². The molecule has 1 N–H and O–H groups in total. The van der Waals surface area contributed by atoms with E-state index >= 15 is 0 Å². The van der Waals surface area contributed by atoms with E-state index in [0.29, 0.717) is 0 Å².